The lowest BCUT2D eigenvalue weighted by atomic mass is 10.1. The first-order valence-electron chi connectivity index (χ1n) is 6.38. The number of nitrogens with two attached hydrogens (primary N) is 1. The first-order chi connectivity index (χ1) is 10.0. The van der Waals surface area contributed by atoms with E-state index in [0.29, 0.717) is 16.3 Å². The molecule has 2 aromatic carbocycles. The maximum Gasteiger partial charge on any atom is 0.147 e. The molecule has 0 amide bonds. The van der Waals surface area contributed by atoms with Gasteiger partial charge in [0.15, 0.2) is 0 Å². The van der Waals surface area contributed by atoms with Crippen LogP contribution in [0.3, 0.4) is 0 Å². The summed E-state index contributed by atoms with van der Waals surface area (Å²) < 4.78 is 19.6. The summed E-state index contributed by atoms with van der Waals surface area (Å²) in [6, 6.07) is 11.3. The van der Waals surface area contributed by atoms with Gasteiger partial charge in [-0.2, -0.15) is 5.26 Å². The SMILES string of the molecule is C[C@H](N)c1cc(Cl)ccc1OCc1cccc(C#N)c1F. The van der Waals surface area contributed by atoms with E-state index in [2.05, 4.69) is 0 Å². The fraction of sp³-hybridized carbons (Fsp3) is 0.188. The largest absolute Gasteiger partial charge is 0.488 e. The van der Waals surface area contributed by atoms with E-state index in [-0.39, 0.29) is 18.2 Å². The number of nitrogens with zero attached hydrogens (tertiary/aromatic N) is 1. The van der Waals surface area contributed by atoms with Crippen LogP contribution in [0.4, 0.5) is 4.39 Å². The molecule has 0 aromatic heterocycles. The number of halogens is 2. The van der Waals surface area contributed by atoms with Crippen molar-refractivity contribution in [3.63, 3.8) is 0 Å². The fourth-order valence-electron chi connectivity index (χ4n) is 1.94. The molecule has 0 spiro atoms. The van der Waals surface area contributed by atoms with E-state index in [9.17, 15) is 4.39 Å². The maximum absolute atomic E-state index is 14.0. The highest BCUT2D eigenvalue weighted by Gasteiger charge is 2.12. The lowest BCUT2D eigenvalue weighted by molar-refractivity contribution is 0.295. The molecule has 0 saturated carbocycles. The van der Waals surface area contributed by atoms with Gasteiger partial charge in [-0.15, -0.1) is 0 Å². The summed E-state index contributed by atoms with van der Waals surface area (Å²) in [6.45, 7) is 1.83. The molecule has 0 heterocycles. The topological polar surface area (TPSA) is 59.0 Å². The van der Waals surface area contributed by atoms with Gasteiger partial charge in [-0.05, 0) is 31.2 Å². The van der Waals surface area contributed by atoms with Gasteiger partial charge in [-0.3, -0.25) is 0 Å². The molecule has 5 heteroatoms. The van der Waals surface area contributed by atoms with Gasteiger partial charge in [-0.25, -0.2) is 4.39 Å². The average Bonchev–Trinajstić information content (AvgIpc) is 2.47. The molecule has 0 unspecified atom stereocenters. The van der Waals surface area contributed by atoms with Crippen LogP contribution < -0.4 is 10.5 Å². The fourth-order valence-corrected chi connectivity index (χ4v) is 2.12. The Morgan fingerprint density at radius 1 is 1.38 bits per heavy atom. The van der Waals surface area contributed by atoms with Crippen molar-refractivity contribution in [1.29, 1.82) is 5.26 Å². The first-order valence-corrected chi connectivity index (χ1v) is 6.76. The zero-order valence-electron chi connectivity index (χ0n) is 11.4. The van der Waals surface area contributed by atoms with Crippen LogP contribution >= 0.6 is 11.6 Å². The third kappa shape index (κ3) is 3.52. The van der Waals surface area contributed by atoms with Crippen LogP contribution in [0.5, 0.6) is 5.75 Å². The minimum absolute atomic E-state index is 0.000350. The minimum Gasteiger partial charge on any atom is -0.488 e. The number of ether oxygens (including phenoxy) is 1. The molecule has 2 rings (SSSR count). The Balaban J connectivity index is 2.23. The minimum atomic E-state index is -0.559. The van der Waals surface area contributed by atoms with Crippen LogP contribution in [0.15, 0.2) is 36.4 Å². The third-order valence-electron chi connectivity index (χ3n) is 3.04. The van der Waals surface area contributed by atoms with E-state index >= 15 is 0 Å². The second kappa shape index (κ2) is 6.57. The molecule has 2 N–H and O–H groups in total. The monoisotopic (exact) mass is 304 g/mol. The van der Waals surface area contributed by atoms with Crippen molar-refractivity contribution in [3.05, 3.63) is 63.9 Å². The molecule has 0 aliphatic heterocycles. The van der Waals surface area contributed by atoms with E-state index in [0.717, 1.165) is 5.56 Å². The van der Waals surface area contributed by atoms with Gasteiger partial charge in [0.1, 0.15) is 24.2 Å². The van der Waals surface area contributed by atoms with Crippen molar-refractivity contribution in [1.82, 2.24) is 0 Å². The second-order valence-corrected chi connectivity index (χ2v) is 5.09. The summed E-state index contributed by atoms with van der Waals surface area (Å²) in [7, 11) is 0. The molecule has 1 atom stereocenters. The molecule has 0 saturated heterocycles. The van der Waals surface area contributed by atoms with Gasteiger partial charge >= 0.3 is 0 Å². The van der Waals surface area contributed by atoms with Crippen molar-refractivity contribution in [2.24, 2.45) is 5.73 Å². The lowest BCUT2D eigenvalue weighted by Gasteiger charge is -2.15. The summed E-state index contributed by atoms with van der Waals surface area (Å²) in [6.07, 6.45) is 0. The highest BCUT2D eigenvalue weighted by atomic mass is 35.5. The Labute approximate surface area is 127 Å². The Morgan fingerprint density at radius 3 is 2.81 bits per heavy atom. The number of rotatable bonds is 4. The molecular formula is C16H14ClFN2O. The quantitative estimate of drug-likeness (QED) is 0.930. The molecule has 21 heavy (non-hydrogen) atoms. The van der Waals surface area contributed by atoms with Crippen LogP contribution in [-0.2, 0) is 6.61 Å². The van der Waals surface area contributed by atoms with E-state index < -0.39 is 5.82 Å². The van der Waals surface area contributed by atoms with Crippen LogP contribution in [-0.4, -0.2) is 0 Å². The Bertz CT molecular complexity index is 695. The molecule has 0 fully saturated rings. The van der Waals surface area contributed by atoms with Crippen molar-refractivity contribution in [2.45, 2.75) is 19.6 Å². The maximum atomic E-state index is 14.0. The Hall–Kier alpha value is -2.09. The molecule has 108 valence electrons. The molecular weight excluding hydrogens is 291 g/mol. The first kappa shape index (κ1) is 15.3. The average molecular weight is 305 g/mol. The Kier molecular flexibility index (Phi) is 4.79. The zero-order chi connectivity index (χ0) is 15.4. The van der Waals surface area contributed by atoms with Crippen LogP contribution in [0.1, 0.15) is 29.7 Å². The van der Waals surface area contributed by atoms with Crippen molar-refractivity contribution in [2.75, 3.05) is 0 Å². The van der Waals surface area contributed by atoms with Gasteiger partial charge < -0.3 is 10.5 Å². The van der Waals surface area contributed by atoms with Gasteiger partial charge in [0, 0.05) is 22.2 Å². The lowest BCUT2D eigenvalue weighted by Crippen LogP contribution is -2.08. The van der Waals surface area contributed by atoms with E-state index in [4.69, 9.17) is 27.3 Å². The zero-order valence-corrected chi connectivity index (χ0v) is 12.2. The van der Waals surface area contributed by atoms with Crippen LogP contribution in [0.2, 0.25) is 5.02 Å². The number of benzene rings is 2. The third-order valence-corrected chi connectivity index (χ3v) is 3.28. The van der Waals surface area contributed by atoms with Gasteiger partial charge in [0.25, 0.3) is 0 Å². The summed E-state index contributed by atoms with van der Waals surface area (Å²) in [5.74, 6) is -0.00697. The predicted octanol–water partition coefficient (Wildman–Crippen LogP) is 3.95. The molecule has 3 nitrogen and oxygen atoms in total. The smallest absolute Gasteiger partial charge is 0.147 e. The molecule has 0 aliphatic carbocycles. The molecule has 0 radical (unpaired) electrons. The standard InChI is InChI=1S/C16H14ClFN2O/c1-10(20)14-7-13(17)5-6-15(14)21-9-12-4-2-3-11(8-19)16(12)18/h2-7,10H,9,20H2,1H3/t10-/m0/s1. The summed E-state index contributed by atoms with van der Waals surface area (Å²) in [5, 5.41) is 9.38. The van der Waals surface area contributed by atoms with Gasteiger partial charge in [0.2, 0.25) is 0 Å². The highest BCUT2D eigenvalue weighted by Crippen LogP contribution is 2.28. The summed E-state index contributed by atoms with van der Waals surface area (Å²) in [5.41, 5.74) is 6.94. The van der Waals surface area contributed by atoms with Crippen LogP contribution in [0, 0.1) is 17.1 Å². The van der Waals surface area contributed by atoms with Crippen molar-refractivity contribution >= 4 is 11.6 Å². The van der Waals surface area contributed by atoms with Crippen molar-refractivity contribution in [3.8, 4) is 11.8 Å². The van der Waals surface area contributed by atoms with E-state index in [1.54, 1.807) is 36.4 Å². The number of nitriles is 1. The normalized spacial score (nSPS) is 11.8. The van der Waals surface area contributed by atoms with E-state index in [1.807, 2.05) is 6.92 Å². The number of hydrogen-bond acceptors (Lipinski definition) is 3. The second-order valence-electron chi connectivity index (χ2n) is 4.65. The Morgan fingerprint density at radius 2 is 2.14 bits per heavy atom. The van der Waals surface area contributed by atoms with Crippen molar-refractivity contribution < 1.29 is 9.13 Å². The van der Waals surface area contributed by atoms with Crippen LogP contribution in [0.25, 0.3) is 0 Å². The molecule has 0 bridgehead atoms. The van der Waals surface area contributed by atoms with E-state index in [1.165, 1.54) is 6.07 Å². The highest BCUT2D eigenvalue weighted by molar-refractivity contribution is 6.30. The summed E-state index contributed by atoms with van der Waals surface area (Å²) >= 11 is 5.94. The summed E-state index contributed by atoms with van der Waals surface area (Å²) in [4.78, 5) is 0. The molecule has 0 aliphatic rings. The van der Waals surface area contributed by atoms with Gasteiger partial charge in [0.05, 0.1) is 5.56 Å². The number of hydrogen-bond donors (Lipinski definition) is 1. The van der Waals surface area contributed by atoms with Gasteiger partial charge in [-0.1, -0.05) is 23.7 Å². The predicted molar refractivity (Wildman–Crippen MR) is 79.5 cm³/mol. The molecule has 2 aromatic rings.